The molecule has 0 bridgehead atoms. The lowest BCUT2D eigenvalue weighted by Crippen LogP contribution is -2.36. The molecule has 10 heteroatoms. The number of aromatic nitrogens is 2. The van der Waals surface area contributed by atoms with Gasteiger partial charge in [0.2, 0.25) is 0 Å². The highest BCUT2D eigenvalue weighted by Crippen LogP contribution is 2.35. The fourth-order valence-corrected chi connectivity index (χ4v) is 5.44. The first kappa shape index (κ1) is 31.2. The van der Waals surface area contributed by atoms with E-state index >= 15 is 0 Å². The van der Waals surface area contributed by atoms with Gasteiger partial charge >= 0.3 is 11.9 Å². The number of unbranched alkanes of at least 4 members (excludes halogenated alkanes) is 7. The molecular weight excluding hydrogens is 546 g/mol. The zero-order chi connectivity index (χ0) is 30.8. The molecule has 0 amide bonds. The first-order valence-electron chi connectivity index (χ1n) is 14.9. The van der Waals surface area contributed by atoms with Crippen LogP contribution in [-0.4, -0.2) is 45.1 Å². The summed E-state index contributed by atoms with van der Waals surface area (Å²) in [4.78, 5) is 25.3. The maximum atomic E-state index is 11.7. The molecule has 0 unspecified atom stereocenters. The maximum absolute atomic E-state index is 11.7. The number of carboxylic acid groups (broad SMARTS) is 2. The fraction of sp³-hybridized carbons (Fsp3) is 0.394. The van der Waals surface area contributed by atoms with Crippen LogP contribution >= 0.6 is 0 Å². The second kappa shape index (κ2) is 14.9. The van der Waals surface area contributed by atoms with Crippen LogP contribution in [0.25, 0.3) is 11.6 Å². The zero-order valence-electron chi connectivity index (χ0n) is 24.6. The molecule has 0 saturated heterocycles. The van der Waals surface area contributed by atoms with Crippen LogP contribution in [0.3, 0.4) is 0 Å². The number of carbonyl (C=O) groups is 2. The quantitative estimate of drug-likeness (QED) is 0.221. The van der Waals surface area contributed by atoms with Crippen LogP contribution in [-0.2, 0) is 22.6 Å². The van der Waals surface area contributed by atoms with E-state index in [4.69, 9.17) is 10.5 Å². The number of anilines is 3. The van der Waals surface area contributed by atoms with Crippen LogP contribution in [0.15, 0.2) is 42.5 Å². The molecule has 0 radical (unpaired) electrons. The normalized spacial score (nSPS) is 13.5. The molecule has 2 aromatic carbocycles. The molecule has 226 valence electrons. The number of nitrogens with zero attached hydrogens (tertiary/aromatic N) is 4. The number of nitrogens with two attached hydrogens (primary N) is 1. The van der Waals surface area contributed by atoms with Gasteiger partial charge in [0, 0.05) is 23.1 Å². The van der Waals surface area contributed by atoms with Crippen LogP contribution in [0.2, 0.25) is 0 Å². The van der Waals surface area contributed by atoms with E-state index in [9.17, 15) is 25.1 Å². The van der Waals surface area contributed by atoms with Gasteiger partial charge in [-0.3, -0.25) is 4.79 Å². The van der Waals surface area contributed by atoms with Crippen LogP contribution in [0.5, 0.6) is 5.75 Å². The first-order valence-corrected chi connectivity index (χ1v) is 14.9. The van der Waals surface area contributed by atoms with Gasteiger partial charge in [-0.1, -0.05) is 57.9 Å². The van der Waals surface area contributed by atoms with Gasteiger partial charge in [-0.05, 0) is 66.4 Å². The number of carboxylic acids is 2. The van der Waals surface area contributed by atoms with E-state index in [1.54, 1.807) is 12.1 Å². The zero-order valence-corrected chi connectivity index (χ0v) is 24.6. The molecule has 0 atom stereocenters. The van der Waals surface area contributed by atoms with Crippen LogP contribution in [0.4, 0.5) is 17.2 Å². The Balaban J connectivity index is 1.46. The van der Waals surface area contributed by atoms with Crippen LogP contribution in [0.1, 0.15) is 69.4 Å². The molecule has 4 rings (SSSR count). The maximum Gasteiger partial charge on any atom is 0.348 e. The van der Waals surface area contributed by atoms with Crippen molar-refractivity contribution in [2.24, 2.45) is 0 Å². The molecule has 4 N–H and O–H groups in total. The molecule has 10 nitrogen and oxygen atoms in total. The van der Waals surface area contributed by atoms with Gasteiger partial charge in [0.1, 0.15) is 18.4 Å². The summed E-state index contributed by atoms with van der Waals surface area (Å²) in [7, 11) is 0. The molecule has 0 spiro atoms. The van der Waals surface area contributed by atoms with Gasteiger partial charge in [-0.15, -0.1) is 0 Å². The number of nitrogen functional groups attached to an aromatic ring is 1. The Morgan fingerprint density at radius 3 is 2.40 bits per heavy atom. The Morgan fingerprint density at radius 2 is 1.74 bits per heavy atom. The monoisotopic (exact) mass is 585 g/mol. The minimum absolute atomic E-state index is 0.0582. The Hall–Kier alpha value is -4.78. The van der Waals surface area contributed by atoms with Crippen molar-refractivity contribution in [1.82, 2.24) is 9.78 Å². The molecule has 3 aromatic rings. The third kappa shape index (κ3) is 7.95. The highest BCUT2D eigenvalue weighted by atomic mass is 16.5. The van der Waals surface area contributed by atoms with E-state index in [-0.39, 0.29) is 16.4 Å². The third-order valence-electron chi connectivity index (χ3n) is 7.59. The molecular formula is C33H39N5O5. The summed E-state index contributed by atoms with van der Waals surface area (Å²) in [5.41, 5.74) is 9.39. The number of hydrogen-bond donors (Lipinski definition) is 3. The van der Waals surface area contributed by atoms with Gasteiger partial charge in [0.15, 0.2) is 11.4 Å². The van der Waals surface area contributed by atoms with Gasteiger partial charge in [0.05, 0.1) is 12.0 Å². The Bertz CT molecular complexity index is 1600. The minimum Gasteiger partial charge on any atom is -0.494 e. The number of nitriles is 1. The van der Waals surface area contributed by atoms with E-state index < -0.39 is 24.1 Å². The fourth-order valence-electron chi connectivity index (χ4n) is 5.44. The summed E-state index contributed by atoms with van der Waals surface area (Å²) >= 11 is 0. The van der Waals surface area contributed by atoms with E-state index in [1.807, 2.05) is 30.3 Å². The van der Waals surface area contributed by atoms with Crippen molar-refractivity contribution < 1.29 is 24.5 Å². The summed E-state index contributed by atoms with van der Waals surface area (Å²) in [5.74, 6) is -1.92. The minimum atomic E-state index is -1.49. The smallest absolute Gasteiger partial charge is 0.348 e. The largest absolute Gasteiger partial charge is 0.494 e. The average molecular weight is 586 g/mol. The van der Waals surface area contributed by atoms with Crippen molar-refractivity contribution in [1.29, 1.82) is 5.26 Å². The lowest BCUT2D eigenvalue weighted by atomic mass is 10.1. The molecule has 1 aliphatic heterocycles. The molecule has 0 aliphatic carbocycles. The number of rotatable bonds is 15. The highest BCUT2D eigenvalue weighted by Gasteiger charge is 2.21. The summed E-state index contributed by atoms with van der Waals surface area (Å²) < 4.78 is 6.90. The number of ether oxygens (including phenoxy) is 1. The Labute approximate surface area is 251 Å². The van der Waals surface area contributed by atoms with E-state index in [2.05, 4.69) is 29.1 Å². The summed E-state index contributed by atoms with van der Waals surface area (Å²) in [6.45, 7) is 3.13. The van der Waals surface area contributed by atoms with E-state index in [0.717, 1.165) is 58.9 Å². The third-order valence-corrected chi connectivity index (χ3v) is 7.59. The van der Waals surface area contributed by atoms with Crippen molar-refractivity contribution in [3.8, 4) is 11.8 Å². The molecule has 0 saturated carbocycles. The second-order valence-electron chi connectivity index (χ2n) is 10.7. The number of fused-ring (bicyclic) bond motifs is 1. The lowest BCUT2D eigenvalue weighted by Gasteiger charge is -2.20. The molecule has 0 fully saturated rings. The van der Waals surface area contributed by atoms with Crippen molar-refractivity contribution in [2.75, 3.05) is 23.8 Å². The van der Waals surface area contributed by atoms with Crippen molar-refractivity contribution in [3.63, 3.8) is 0 Å². The lowest BCUT2D eigenvalue weighted by molar-refractivity contribution is -0.138. The Morgan fingerprint density at radius 1 is 1.05 bits per heavy atom. The SMILES string of the molecule is CCCCCCCCCCOc1ccc(N2CCc3cc(/C=c4\c(N)nn(CC(=O)O)\c4=C(\C#N)C(=O)O)ccc32)cc1. The standard InChI is InChI=1S/C33H39N5O5/c1-2-3-4-5-6-7-8-9-18-43-26-13-11-25(12-14-26)37-17-16-24-19-23(10-15-29(24)37)20-27-31(28(21-34)33(41)42)38(22-30(39)40)36-32(27)35/h10-15,19-20H,2-9,16-18,22H2,1H3,(H2,35,36)(H,39,40)(H,41,42)/b27-20-,31-28-. The molecule has 2 heterocycles. The number of hydrogen-bond acceptors (Lipinski definition) is 7. The van der Waals surface area contributed by atoms with Crippen LogP contribution in [0, 0.1) is 11.3 Å². The second-order valence-corrected chi connectivity index (χ2v) is 10.7. The number of aliphatic carboxylic acids is 2. The summed E-state index contributed by atoms with van der Waals surface area (Å²) in [6, 6.07) is 15.6. The van der Waals surface area contributed by atoms with Crippen molar-refractivity contribution in [3.05, 3.63) is 64.2 Å². The molecule has 1 aliphatic rings. The summed E-state index contributed by atoms with van der Waals surface area (Å²) in [5, 5.41) is 32.3. The topological polar surface area (TPSA) is 155 Å². The van der Waals surface area contributed by atoms with Crippen molar-refractivity contribution in [2.45, 2.75) is 71.3 Å². The Kier molecular flexibility index (Phi) is 10.8. The number of benzene rings is 2. The summed E-state index contributed by atoms with van der Waals surface area (Å²) in [6.07, 6.45) is 12.6. The van der Waals surface area contributed by atoms with Gasteiger partial charge in [-0.25, -0.2) is 9.48 Å². The first-order chi connectivity index (χ1) is 20.8. The predicted molar refractivity (Wildman–Crippen MR) is 165 cm³/mol. The van der Waals surface area contributed by atoms with Crippen LogP contribution < -0.4 is 25.9 Å². The van der Waals surface area contributed by atoms with Gasteiger partial charge in [-0.2, -0.15) is 10.4 Å². The van der Waals surface area contributed by atoms with E-state index in [1.165, 1.54) is 44.9 Å². The van der Waals surface area contributed by atoms with Gasteiger partial charge in [0.25, 0.3) is 0 Å². The highest BCUT2D eigenvalue weighted by molar-refractivity contribution is 6.14. The van der Waals surface area contributed by atoms with E-state index in [0.29, 0.717) is 0 Å². The van der Waals surface area contributed by atoms with Gasteiger partial charge < -0.3 is 25.6 Å². The average Bonchev–Trinajstić information content (AvgIpc) is 3.53. The molecule has 43 heavy (non-hydrogen) atoms. The van der Waals surface area contributed by atoms with Crippen molar-refractivity contribution >= 4 is 40.8 Å². The predicted octanol–water partition coefficient (Wildman–Crippen LogP) is 4.35. The molecule has 1 aromatic heterocycles.